The average Bonchev–Trinajstić information content (AvgIpc) is 2.46. The molecule has 5 nitrogen and oxygen atoms in total. The number of benzene rings is 1. The number of ether oxygens (including phenoxy) is 2. The highest BCUT2D eigenvalue weighted by Crippen LogP contribution is 2.30. The number of ketones is 1. The van der Waals surface area contributed by atoms with E-state index >= 15 is 0 Å². The Balaban J connectivity index is 2.96. The van der Waals surface area contributed by atoms with E-state index in [1.165, 1.54) is 25.3 Å². The molecule has 1 rings (SSSR count). The molecule has 1 aromatic carbocycles. The van der Waals surface area contributed by atoms with Gasteiger partial charge in [0.1, 0.15) is 5.70 Å². The molecule has 0 fully saturated rings. The lowest BCUT2D eigenvalue weighted by molar-refractivity contribution is -0.136. The molecule has 112 valence electrons. The van der Waals surface area contributed by atoms with Gasteiger partial charge in [0.2, 0.25) is 0 Å². The minimum Gasteiger partial charge on any atom is -0.492 e. The van der Waals surface area contributed by atoms with Gasteiger partial charge in [0, 0.05) is 11.6 Å². The second-order valence-corrected chi connectivity index (χ2v) is 4.22. The summed E-state index contributed by atoms with van der Waals surface area (Å²) >= 11 is 5.75. The number of hydrogen-bond donors (Lipinski definition) is 1. The van der Waals surface area contributed by atoms with E-state index in [1.54, 1.807) is 0 Å². The molecule has 0 saturated heterocycles. The maximum atomic E-state index is 13.9. The van der Waals surface area contributed by atoms with Crippen LogP contribution in [0.1, 0.15) is 5.56 Å². The first kappa shape index (κ1) is 16.7. The third-order valence-corrected chi connectivity index (χ3v) is 2.73. The molecular formula is C14H13ClFNO4. The highest BCUT2D eigenvalue weighted by molar-refractivity contribution is 6.32. The number of esters is 1. The fraction of sp³-hybridized carbons (Fsp3) is 0.143. The van der Waals surface area contributed by atoms with E-state index in [9.17, 15) is 14.0 Å². The summed E-state index contributed by atoms with van der Waals surface area (Å²) in [5, 5.41) is 0.119. The quantitative estimate of drug-likeness (QED) is 0.665. The van der Waals surface area contributed by atoms with Crippen LogP contribution in [-0.4, -0.2) is 26.0 Å². The molecule has 0 spiro atoms. The zero-order valence-electron chi connectivity index (χ0n) is 11.4. The molecular weight excluding hydrogens is 301 g/mol. The lowest BCUT2D eigenvalue weighted by Gasteiger charge is -2.06. The normalized spacial score (nSPS) is 11.5. The molecule has 0 saturated carbocycles. The molecule has 0 atom stereocenters. The van der Waals surface area contributed by atoms with E-state index in [4.69, 9.17) is 22.1 Å². The van der Waals surface area contributed by atoms with E-state index in [-0.39, 0.29) is 22.0 Å². The molecule has 2 N–H and O–H groups in total. The Kier molecular flexibility index (Phi) is 5.92. The number of carbonyl (C=O) groups is 2. The van der Waals surface area contributed by atoms with Crippen LogP contribution in [0.15, 0.2) is 30.0 Å². The summed E-state index contributed by atoms with van der Waals surface area (Å²) in [5.74, 6) is -2.22. The molecule has 0 aliphatic rings. The summed E-state index contributed by atoms with van der Waals surface area (Å²) in [6, 6.07) is 2.82. The summed E-state index contributed by atoms with van der Waals surface area (Å²) in [5.41, 5.74) is 5.07. The Morgan fingerprint density at radius 3 is 2.57 bits per heavy atom. The predicted octanol–water partition coefficient (Wildman–Crippen LogP) is 2.09. The predicted molar refractivity (Wildman–Crippen MR) is 76.3 cm³/mol. The number of methoxy groups -OCH3 is 2. The number of carbonyl (C=O) groups excluding carboxylic acids is 2. The van der Waals surface area contributed by atoms with Gasteiger partial charge in [-0.3, -0.25) is 4.79 Å². The fourth-order valence-electron chi connectivity index (χ4n) is 1.41. The lowest BCUT2D eigenvalue weighted by Crippen LogP contribution is -2.14. The number of allylic oxidation sites excluding steroid dienone is 2. The monoisotopic (exact) mass is 313 g/mol. The minimum absolute atomic E-state index is 0.106. The number of rotatable bonds is 5. The van der Waals surface area contributed by atoms with Gasteiger partial charge in [-0.25, -0.2) is 9.18 Å². The zero-order valence-corrected chi connectivity index (χ0v) is 12.1. The molecule has 0 radical (unpaired) electrons. The summed E-state index contributed by atoms with van der Waals surface area (Å²) in [6.07, 6.45) is 3.16. The van der Waals surface area contributed by atoms with Crippen molar-refractivity contribution in [3.05, 3.63) is 46.4 Å². The molecule has 0 heterocycles. The van der Waals surface area contributed by atoms with Crippen LogP contribution in [0.4, 0.5) is 4.39 Å². The molecule has 0 aliphatic carbocycles. The third kappa shape index (κ3) is 4.32. The Morgan fingerprint density at radius 2 is 2.00 bits per heavy atom. The Labute approximate surface area is 125 Å². The van der Waals surface area contributed by atoms with E-state index in [1.807, 2.05) is 0 Å². The van der Waals surface area contributed by atoms with Crippen LogP contribution in [0.2, 0.25) is 5.02 Å². The van der Waals surface area contributed by atoms with Crippen molar-refractivity contribution in [2.45, 2.75) is 0 Å². The maximum Gasteiger partial charge on any atom is 0.354 e. The Hall–Kier alpha value is -2.34. The molecule has 0 bridgehead atoms. The molecule has 7 heteroatoms. The molecule has 21 heavy (non-hydrogen) atoms. The van der Waals surface area contributed by atoms with Crippen LogP contribution in [0.25, 0.3) is 6.08 Å². The zero-order chi connectivity index (χ0) is 16.0. The van der Waals surface area contributed by atoms with Crippen molar-refractivity contribution >= 4 is 29.4 Å². The first-order chi connectivity index (χ1) is 9.90. The van der Waals surface area contributed by atoms with Crippen LogP contribution in [-0.2, 0) is 14.3 Å². The molecule has 0 aliphatic heterocycles. The maximum absolute atomic E-state index is 13.9. The van der Waals surface area contributed by atoms with Crippen LogP contribution in [0.5, 0.6) is 5.75 Å². The van der Waals surface area contributed by atoms with E-state index in [0.29, 0.717) is 0 Å². The topological polar surface area (TPSA) is 78.6 Å². The van der Waals surface area contributed by atoms with Crippen molar-refractivity contribution < 1.29 is 23.5 Å². The average molecular weight is 314 g/mol. The van der Waals surface area contributed by atoms with Gasteiger partial charge in [0.15, 0.2) is 17.3 Å². The number of nitrogens with two attached hydrogens (primary N) is 1. The first-order valence-electron chi connectivity index (χ1n) is 5.70. The third-order valence-electron chi connectivity index (χ3n) is 2.43. The van der Waals surface area contributed by atoms with Gasteiger partial charge >= 0.3 is 5.97 Å². The fourth-order valence-corrected chi connectivity index (χ4v) is 1.64. The standard InChI is InChI=1S/C14H13ClFNO4/c1-20-13-10(15)6-4-8(12(13)16)3-5-9(18)7-11(17)14(19)21-2/h3-7H,17H2,1-2H3/b5-3+,11-7+. The summed E-state index contributed by atoms with van der Waals surface area (Å²) in [6.45, 7) is 0. The number of halogens is 2. The second kappa shape index (κ2) is 7.44. The van der Waals surface area contributed by atoms with Gasteiger partial charge < -0.3 is 15.2 Å². The summed E-state index contributed by atoms with van der Waals surface area (Å²) in [4.78, 5) is 22.6. The van der Waals surface area contributed by atoms with Crippen LogP contribution in [0.3, 0.4) is 0 Å². The van der Waals surface area contributed by atoms with Crippen molar-refractivity contribution in [2.24, 2.45) is 5.73 Å². The van der Waals surface area contributed by atoms with Crippen LogP contribution < -0.4 is 10.5 Å². The SMILES string of the molecule is COC(=O)/C(N)=C\C(=O)/C=C/c1ccc(Cl)c(OC)c1F. The highest BCUT2D eigenvalue weighted by Gasteiger charge is 2.11. The minimum atomic E-state index is -0.823. The van der Waals surface area contributed by atoms with Gasteiger partial charge in [0.25, 0.3) is 0 Å². The molecule has 1 aromatic rings. The van der Waals surface area contributed by atoms with Gasteiger partial charge in [-0.05, 0) is 18.2 Å². The van der Waals surface area contributed by atoms with Crippen molar-refractivity contribution in [3.8, 4) is 5.75 Å². The van der Waals surface area contributed by atoms with Crippen molar-refractivity contribution in [1.29, 1.82) is 0 Å². The van der Waals surface area contributed by atoms with Crippen LogP contribution in [0, 0.1) is 5.82 Å². The largest absolute Gasteiger partial charge is 0.492 e. The molecule has 0 unspecified atom stereocenters. The Morgan fingerprint density at radius 1 is 1.33 bits per heavy atom. The lowest BCUT2D eigenvalue weighted by atomic mass is 10.1. The van der Waals surface area contributed by atoms with E-state index in [2.05, 4.69) is 4.74 Å². The smallest absolute Gasteiger partial charge is 0.354 e. The van der Waals surface area contributed by atoms with Crippen molar-refractivity contribution in [2.75, 3.05) is 14.2 Å². The van der Waals surface area contributed by atoms with Crippen molar-refractivity contribution in [1.82, 2.24) is 0 Å². The van der Waals surface area contributed by atoms with E-state index < -0.39 is 17.6 Å². The first-order valence-corrected chi connectivity index (χ1v) is 6.08. The van der Waals surface area contributed by atoms with Gasteiger partial charge in [0.05, 0.1) is 19.2 Å². The molecule has 0 aromatic heterocycles. The summed E-state index contributed by atoms with van der Waals surface area (Å²) in [7, 11) is 2.42. The van der Waals surface area contributed by atoms with Crippen molar-refractivity contribution in [3.63, 3.8) is 0 Å². The number of hydrogen-bond acceptors (Lipinski definition) is 5. The highest BCUT2D eigenvalue weighted by atomic mass is 35.5. The second-order valence-electron chi connectivity index (χ2n) is 3.81. The van der Waals surface area contributed by atoms with Gasteiger partial charge in [-0.1, -0.05) is 17.7 Å². The molecule has 0 amide bonds. The van der Waals surface area contributed by atoms with Crippen LogP contribution >= 0.6 is 11.6 Å². The van der Waals surface area contributed by atoms with E-state index in [0.717, 1.165) is 19.3 Å². The van der Waals surface area contributed by atoms with Gasteiger partial charge in [-0.2, -0.15) is 0 Å². The summed E-state index contributed by atoms with van der Waals surface area (Å²) < 4.78 is 23.1. The van der Waals surface area contributed by atoms with Gasteiger partial charge in [-0.15, -0.1) is 0 Å². The Bertz CT molecular complexity index is 626.